The van der Waals surface area contributed by atoms with Gasteiger partial charge in [-0.15, -0.1) is 0 Å². The van der Waals surface area contributed by atoms with Crippen molar-refractivity contribution in [2.45, 2.75) is 25.7 Å². The van der Waals surface area contributed by atoms with Gasteiger partial charge >= 0.3 is 0 Å². The van der Waals surface area contributed by atoms with E-state index in [1.807, 2.05) is 24.5 Å². The average Bonchev–Trinajstić information content (AvgIpc) is 3.16. The van der Waals surface area contributed by atoms with Crippen LogP contribution >= 0.6 is 0 Å². The first-order valence-corrected chi connectivity index (χ1v) is 7.74. The third kappa shape index (κ3) is 2.37. The van der Waals surface area contributed by atoms with Crippen molar-refractivity contribution in [3.8, 4) is 0 Å². The number of aromatic amines is 2. The number of nitrogens with zero attached hydrogens (tertiary/aromatic N) is 2. The van der Waals surface area contributed by atoms with Crippen molar-refractivity contribution >= 4 is 22.1 Å². The minimum Gasteiger partial charge on any atom is -0.346 e. The molecule has 0 aromatic carbocycles. The largest absolute Gasteiger partial charge is 0.346 e. The zero-order valence-corrected chi connectivity index (χ0v) is 12.3. The molecule has 4 heterocycles. The first kappa shape index (κ1) is 13.1. The predicted octanol–water partition coefficient (Wildman–Crippen LogP) is 4.00. The number of fused-ring (bicyclic) bond motifs is 2. The van der Waals surface area contributed by atoms with Gasteiger partial charge in [0, 0.05) is 35.6 Å². The molecule has 0 fully saturated rings. The molecule has 0 unspecified atom stereocenters. The summed E-state index contributed by atoms with van der Waals surface area (Å²) in [5.74, 6) is 0. The van der Waals surface area contributed by atoms with Crippen LogP contribution in [0.1, 0.15) is 24.0 Å². The zero-order chi connectivity index (χ0) is 14.8. The van der Waals surface area contributed by atoms with Crippen molar-refractivity contribution in [1.29, 1.82) is 0 Å². The summed E-state index contributed by atoms with van der Waals surface area (Å²) in [7, 11) is 0. The topological polar surface area (TPSA) is 57.4 Å². The minimum absolute atomic E-state index is 0.986. The maximum atomic E-state index is 4.34. The van der Waals surface area contributed by atoms with E-state index in [2.05, 4.69) is 44.5 Å². The van der Waals surface area contributed by atoms with Gasteiger partial charge in [-0.1, -0.05) is 0 Å². The Labute approximate surface area is 128 Å². The fraction of sp³-hybridized carbons (Fsp3) is 0.222. The minimum atomic E-state index is 0.986. The van der Waals surface area contributed by atoms with Gasteiger partial charge in [0.15, 0.2) is 0 Å². The van der Waals surface area contributed by atoms with Crippen molar-refractivity contribution in [3.63, 3.8) is 0 Å². The van der Waals surface area contributed by atoms with Crippen LogP contribution in [0.25, 0.3) is 22.1 Å². The molecule has 4 heteroatoms. The highest BCUT2D eigenvalue weighted by molar-refractivity contribution is 5.80. The molecule has 0 saturated heterocycles. The van der Waals surface area contributed by atoms with Crippen LogP contribution in [0, 0.1) is 0 Å². The van der Waals surface area contributed by atoms with Gasteiger partial charge in [-0.05, 0) is 61.1 Å². The van der Waals surface area contributed by atoms with Crippen LogP contribution in [0.5, 0.6) is 0 Å². The highest BCUT2D eigenvalue weighted by Gasteiger charge is 2.06. The van der Waals surface area contributed by atoms with E-state index in [9.17, 15) is 0 Å². The molecule has 4 nitrogen and oxygen atoms in total. The number of rotatable bonds is 5. The molecule has 22 heavy (non-hydrogen) atoms. The van der Waals surface area contributed by atoms with Gasteiger partial charge in [0.2, 0.25) is 0 Å². The number of aryl methyl sites for hydroxylation is 2. The Morgan fingerprint density at radius 3 is 1.73 bits per heavy atom. The molecule has 0 aliphatic rings. The summed E-state index contributed by atoms with van der Waals surface area (Å²) in [4.78, 5) is 15.2. The van der Waals surface area contributed by atoms with E-state index in [0.29, 0.717) is 0 Å². The summed E-state index contributed by atoms with van der Waals surface area (Å²) in [6, 6.07) is 8.27. The van der Waals surface area contributed by atoms with Gasteiger partial charge in [-0.3, -0.25) is 0 Å². The lowest BCUT2D eigenvalue weighted by molar-refractivity contribution is 0.739. The van der Waals surface area contributed by atoms with E-state index in [1.165, 1.54) is 34.7 Å². The quantitative estimate of drug-likeness (QED) is 0.546. The molecular weight excluding hydrogens is 272 g/mol. The Morgan fingerprint density at radius 2 is 1.23 bits per heavy atom. The molecule has 4 aromatic heterocycles. The first-order valence-electron chi connectivity index (χ1n) is 7.74. The molecule has 2 N–H and O–H groups in total. The molecule has 0 aliphatic carbocycles. The Bertz CT molecular complexity index is 827. The van der Waals surface area contributed by atoms with Crippen LogP contribution < -0.4 is 0 Å². The van der Waals surface area contributed by atoms with Gasteiger partial charge in [-0.25, -0.2) is 9.97 Å². The second-order valence-electron chi connectivity index (χ2n) is 5.63. The summed E-state index contributed by atoms with van der Waals surface area (Å²) in [5.41, 5.74) is 4.70. The molecule has 0 amide bonds. The molecule has 0 atom stereocenters. The summed E-state index contributed by atoms with van der Waals surface area (Å²) in [6.07, 6.45) is 12.4. The second kappa shape index (κ2) is 5.64. The predicted molar refractivity (Wildman–Crippen MR) is 88.8 cm³/mol. The lowest BCUT2D eigenvalue weighted by Crippen LogP contribution is -1.88. The van der Waals surface area contributed by atoms with E-state index in [1.54, 1.807) is 0 Å². The molecule has 110 valence electrons. The average molecular weight is 290 g/mol. The summed E-state index contributed by atoms with van der Waals surface area (Å²) in [6.45, 7) is 0. The van der Waals surface area contributed by atoms with Crippen molar-refractivity contribution in [2.24, 2.45) is 0 Å². The van der Waals surface area contributed by atoms with Crippen molar-refractivity contribution < 1.29 is 0 Å². The van der Waals surface area contributed by atoms with Gasteiger partial charge in [-0.2, -0.15) is 0 Å². The van der Waals surface area contributed by atoms with Crippen LogP contribution in [0.15, 0.2) is 49.1 Å². The van der Waals surface area contributed by atoms with Crippen molar-refractivity contribution in [2.75, 3.05) is 0 Å². The number of hydrogen-bond donors (Lipinski definition) is 2. The Balaban J connectivity index is 1.39. The molecule has 4 rings (SSSR count). The van der Waals surface area contributed by atoms with E-state index in [-0.39, 0.29) is 0 Å². The van der Waals surface area contributed by atoms with Gasteiger partial charge in [0.25, 0.3) is 0 Å². The van der Waals surface area contributed by atoms with Crippen molar-refractivity contribution in [3.05, 3.63) is 60.2 Å². The number of aromatic nitrogens is 4. The molecule has 0 spiro atoms. The van der Waals surface area contributed by atoms with Crippen LogP contribution in [0.3, 0.4) is 0 Å². The Hall–Kier alpha value is -2.62. The highest BCUT2D eigenvalue weighted by Crippen LogP contribution is 2.20. The van der Waals surface area contributed by atoms with Crippen molar-refractivity contribution in [1.82, 2.24) is 19.9 Å². The lowest BCUT2D eigenvalue weighted by Gasteiger charge is -2.01. The summed E-state index contributed by atoms with van der Waals surface area (Å²) >= 11 is 0. The monoisotopic (exact) mass is 290 g/mol. The maximum Gasteiger partial charge on any atom is 0.137 e. The smallest absolute Gasteiger partial charge is 0.137 e. The van der Waals surface area contributed by atoms with Gasteiger partial charge in [0.05, 0.1) is 0 Å². The van der Waals surface area contributed by atoms with E-state index in [4.69, 9.17) is 0 Å². The maximum absolute atomic E-state index is 4.34. The van der Waals surface area contributed by atoms with Gasteiger partial charge < -0.3 is 9.97 Å². The normalized spacial score (nSPS) is 11.5. The van der Waals surface area contributed by atoms with Crippen LogP contribution in [0.2, 0.25) is 0 Å². The van der Waals surface area contributed by atoms with E-state index < -0.39 is 0 Å². The third-order valence-electron chi connectivity index (χ3n) is 4.22. The SMILES string of the molecule is c1cnc2[nH]cc(CCCCc3c[nH]c4ncccc34)c2c1. The van der Waals surface area contributed by atoms with Crippen LogP contribution in [-0.4, -0.2) is 19.9 Å². The molecule has 4 aromatic rings. The summed E-state index contributed by atoms with van der Waals surface area (Å²) in [5, 5.41) is 2.50. The summed E-state index contributed by atoms with van der Waals surface area (Å²) < 4.78 is 0. The highest BCUT2D eigenvalue weighted by atomic mass is 14.8. The van der Waals surface area contributed by atoms with Crippen LogP contribution in [0.4, 0.5) is 0 Å². The van der Waals surface area contributed by atoms with E-state index in [0.717, 1.165) is 24.1 Å². The van der Waals surface area contributed by atoms with Gasteiger partial charge in [0.1, 0.15) is 11.3 Å². The molecule has 0 radical (unpaired) electrons. The number of nitrogens with one attached hydrogen (secondary N) is 2. The fourth-order valence-corrected chi connectivity index (χ4v) is 3.07. The standard InChI is InChI=1S/C18H18N4/c1(5-13-11-21-17-15(13)7-3-9-19-17)2-6-14-12-22-18-16(14)8-4-10-20-18/h3-4,7-12H,1-2,5-6H2,(H,19,21)(H,20,22). The van der Waals surface area contributed by atoms with Crippen LogP contribution in [-0.2, 0) is 12.8 Å². The second-order valence-corrected chi connectivity index (χ2v) is 5.63. The lowest BCUT2D eigenvalue weighted by atomic mass is 10.0. The molecule has 0 saturated carbocycles. The first-order chi connectivity index (χ1) is 10.9. The molecular formula is C18H18N4. The molecule has 0 aliphatic heterocycles. The number of H-pyrrole nitrogens is 2. The number of unbranched alkanes of at least 4 members (excludes halogenated alkanes) is 1. The number of hydrogen-bond acceptors (Lipinski definition) is 2. The zero-order valence-electron chi connectivity index (χ0n) is 12.3. The molecule has 0 bridgehead atoms. The Kier molecular flexibility index (Phi) is 3.35. The Morgan fingerprint density at radius 1 is 0.727 bits per heavy atom. The number of pyridine rings is 2. The van der Waals surface area contributed by atoms with E-state index >= 15 is 0 Å². The third-order valence-corrected chi connectivity index (χ3v) is 4.22. The fourth-order valence-electron chi connectivity index (χ4n) is 3.07.